The summed E-state index contributed by atoms with van der Waals surface area (Å²) < 4.78 is 0. The molecule has 2 aromatic carbocycles. The van der Waals surface area contributed by atoms with E-state index in [2.05, 4.69) is 5.32 Å². The molecule has 3 nitrogen and oxygen atoms in total. The molecule has 1 atom stereocenters. The number of hydrogen-bond acceptors (Lipinski definition) is 3. The first-order valence-electron chi connectivity index (χ1n) is 7.65. The zero-order valence-corrected chi connectivity index (χ0v) is 13.4. The minimum Gasteiger partial charge on any atom is -0.508 e. The van der Waals surface area contributed by atoms with Crippen molar-refractivity contribution in [3.05, 3.63) is 64.7 Å². The van der Waals surface area contributed by atoms with Gasteiger partial charge in [-0.1, -0.05) is 23.7 Å². The van der Waals surface area contributed by atoms with E-state index in [1.54, 1.807) is 12.1 Å². The van der Waals surface area contributed by atoms with Crippen LogP contribution in [-0.2, 0) is 4.79 Å². The number of rotatable bonds is 4. The summed E-state index contributed by atoms with van der Waals surface area (Å²) >= 11 is 5.86. The first kappa shape index (κ1) is 15.6. The van der Waals surface area contributed by atoms with Crippen LogP contribution < -0.4 is 5.32 Å². The number of halogens is 1. The summed E-state index contributed by atoms with van der Waals surface area (Å²) in [7, 11) is 0. The maximum absolute atomic E-state index is 12.5. The fourth-order valence-corrected chi connectivity index (χ4v) is 2.89. The molecular weight excluding hydrogens is 310 g/mol. The number of Topliss-reactive ketones (excluding diaryl/α,β-unsaturated/α-hetero) is 1. The molecule has 118 valence electrons. The van der Waals surface area contributed by atoms with E-state index in [-0.39, 0.29) is 17.5 Å². The van der Waals surface area contributed by atoms with Gasteiger partial charge in [0.05, 0.1) is 0 Å². The topological polar surface area (TPSA) is 49.3 Å². The number of phenols is 1. The number of carbonyl (C=O) groups is 1. The van der Waals surface area contributed by atoms with Crippen molar-refractivity contribution in [2.45, 2.75) is 12.8 Å². The molecular formula is C19H18ClNO2. The monoisotopic (exact) mass is 327 g/mol. The van der Waals surface area contributed by atoms with Crippen molar-refractivity contribution in [2.24, 2.45) is 5.92 Å². The van der Waals surface area contributed by atoms with Gasteiger partial charge in [0.25, 0.3) is 0 Å². The van der Waals surface area contributed by atoms with Gasteiger partial charge in [-0.2, -0.15) is 0 Å². The van der Waals surface area contributed by atoms with E-state index in [1.807, 2.05) is 42.5 Å². The summed E-state index contributed by atoms with van der Waals surface area (Å²) in [5.74, 6) is 0.448. The summed E-state index contributed by atoms with van der Waals surface area (Å²) in [5, 5.41) is 13.3. The first-order valence-corrected chi connectivity index (χ1v) is 8.03. The zero-order chi connectivity index (χ0) is 16.2. The van der Waals surface area contributed by atoms with E-state index >= 15 is 0 Å². The highest BCUT2D eigenvalue weighted by Gasteiger charge is 2.28. The Bertz CT molecular complexity index is 720. The molecule has 0 radical (unpaired) electrons. The number of allylic oxidation sites excluding steroid dienone is 1. The number of ketones is 1. The number of nitrogens with one attached hydrogen (secondary N) is 1. The minimum atomic E-state index is 0.00837. The molecule has 2 N–H and O–H groups in total. The Morgan fingerprint density at radius 2 is 1.83 bits per heavy atom. The highest BCUT2D eigenvalue weighted by molar-refractivity contribution is 6.30. The standard InChI is InChI=1S/C19H18ClNO2/c20-16-5-7-17(8-6-16)21-12-15-4-3-14(19(15)23)11-13-1-9-18(22)10-2-13/h1-2,5-11,15,21-22H,3-4,12H2/b14-11+. The van der Waals surface area contributed by atoms with Crippen LogP contribution in [0, 0.1) is 5.92 Å². The van der Waals surface area contributed by atoms with Gasteiger partial charge in [0.15, 0.2) is 5.78 Å². The van der Waals surface area contributed by atoms with Gasteiger partial charge in [-0.3, -0.25) is 4.79 Å². The van der Waals surface area contributed by atoms with Crippen molar-refractivity contribution >= 4 is 29.1 Å². The summed E-state index contributed by atoms with van der Waals surface area (Å²) in [6.07, 6.45) is 3.58. The van der Waals surface area contributed by atoms with Crippen LogP contribution in [0.5, 0.6) is 5.75 Å². The molecule has 3 rings (SSSR count). The van der Waals surface area contributed by atoms with Crippen molar-refractivity contribution in [1.82, 2.24) is 0 Å². The van der Waals surface area contributed by atoms with E-state index in [0.717, 1.165) is 29.7 Å². The van der Waals surface area contributed by atoms with Crippen molar-refractivity contribution < 1.29 is 9.90 Å². The fraction of sp³-hybridized carbons (Fsp3) is 0.211. The van der Waals surface area contributed by atoms with Crippen LogP contribution in [0.15, 0.2) is 54.1 Å². The van der Waals surface area contributed by atoms with E-state index in [9.17, 15) is 9.90 Å². The smallest absolute Gasteiger partial charge is 0.163 e. The predicted octanol–water partition coefficient (Wildman–Crippen LogP) is 4.52. The van der Waals surface area contributed by atoms with Crippen molar-refractivity contribution in [1.29, 1.82) is 0 Å². The molecule has 0 aromatic heterocycles. The van der Waals surface area contributed by atoms with E-state index in [4.69, 9.17) is 11.6 Å². The van der Waals surface area contributed by atoms with Gasteiger partial charge in [0.1, 0.15) is 5.75 Å². The Kier molecular flexibility index (Phi) is 4.68. The maximum atomic E-state index is 12.5. The zero-order valence-electron chi connectivity index (χ0n) is 12.6. The van der Waals surface area contributed by atoms with Gasteiger partial charge in [-0.05, 0) is 66.5 Å². The van der Waals surface area contributed by atoms with Crippen LogP contribution in [0.1, 0.15) is 18.4 Å². The number of anilines is 1. The molecule has 0 heterocycles. The molecule has 4 heteroatoms. The summed E-state index contributed by atoms with van der Waals surface area (Å²) in [6, 6.07) is 14.4. The highest BCUT2D eigenvalue weighted by atomic mass is 35.5. The third-order valence-electron chi connectivity index (χ3n) is 4.08. The lowest BCUT2D eigenvalue weighted by molar-refractivity contribution is -0.117. The average molecular weight is 328 g/mol. The Morgan fingerprint density at radius 1 is 1.13 bits per heavy atom. The molecule has 1 fully saturated rings. The highest BCUT2D eigenvalue weighted by Crippen LogP contribution is 2.29. The average Bonchev–Trinajstić information content (AvgIpc) is 2.90. The van der Waals surface area contributed by atoms with E-state index in [0.29, 0.717) is 11.6 Å². The Hall–Kier alpha value is -2.26. The minimum absolute atomic E-state index is 0.00837. The maximum Gasteiger partial charge on any atom is 0.163 e. The molecule has 1 saturated carbocycles. The van der Waals surface area contributed by atoms with Crippen LogP contribution in [0.3, 0.4) is 0 Å². The third-order valence-corrected chi connectivity index (χ3v) is 4.33. The van der Waals surface area contributed by atoms with Crippen molar-refractivity contribution in [2.75, 3.05) is 11.9 Å². The Morgan fingerprint density at radius 3 is 2.52 bits per heavy atom. The second-order valence-corrected chi connectivity index (χ2v) is 6.19. The summed E-state index contributed by atoms with van der Waals surface area (Å²) in [5.41, 5.74) is 2.77. The number of hydrogen-bond donors (Lipinski definition) is 2. The molecule has 1 aliphatic rings. The van der Waals surface area contributed by atoms with Gasteiger partial charge < -0.3 is 10.4 Å². The Labute approximate surface area is 140 Å². The second-order valence-electron chi connectivity index (χ2n) is 5.75. The first-order chi connectivity index (χ1) is 11.1. The molecule has 1 unspecified atom stereocenters. The third kappa shape index (κ3) is 3.93. The van der Waals surface area contributed by atoms with Gasteiger partial charge in [-0.25, -0.2) is 0 Å². The van der Waals surface area contributed by atoms with Crippen molar-refractivity contribution in [3.63, 3.8) is 0 Å². The van der Waals surface area contributed by atoms with Gasteiger partial charge in [-0.15, -0.1) is 0 Å². The van der Waals surface area contributed by atoms with Crippen molar-refractivity contribution in [3.8, 4) is 5.75 Å². The molecule has 0 aliphatic heterocycles. The lowest BCUT2D eigenvalue weighted by atomic mass is 10.0. The quantitative estimate of drug-likeness (QED) is 0.812. The largest absolute Gasteiger partial charge is 0.508 e. The molecule has 0 saturated heterocycles. The normalized spacial score (nSPS) is 19.3. The fourth-order valence-electron chi connectivity index (χ4n) is 2.76. The van der Waals surface area contributed by atoms with Crippen LogP contribution in [0.2, 0.25) is 5.02 Å². The molecule has 0 spiro atoms. The predicted molar refractivity (Wildman–Crippen MR) is 93.8 cm³/mol. The molecule has 23 heavy (non-hydrogen) atoms. The van der Waals surface area contributed by atoms with Crippen LogP contribution in [0.25, 0.3) is 6.08 Å². The number of carbonyl (C=O) groups excluding carboxylic acids is 1. The van der Waals surface area contributed by atoms with Gasteiger partial charge in [0.2, 0.25) is 0 Å². The van der Waals surface area contributed by atoms with Crippen LogP contribution in [0.4, 0.5) is 5.69 Å². The number of aromatic hydroxyl groups is 1. The molecule has 0 amide bonds. The number of benzene rings is 2. The molecule has 2 aromatic rings. The lowest BCUT2D eigenvalue weighted by Gasteiger charge is -2.10. The van der Waals surface area contributed by atoms with Gasteiger partial charge >= 0.3 is 0 Å². The molecule has 1 aliphatic carbocycles. The van der Waals surface area contributed by atoms with E-state index < -0.39 is 0 Å². The van der Waals surface area contributed by atoms with Crippen LogP contribution >= 0.6 is 11.6 Å². The lowest BCUT2D eigenvalue weighted by Crippen LogP contribution is -2.18. The van der Waals surface area contributed by atoms with Crippen LogP contribution in [-0.4, -0.2) is 17.4 Å². The summed E-state index contributed by atoms with van der Waals surface area (Å²) in [4.78, 5) is 12.5. The summed E-state index contributed by atoms with van der Waals surface area (Å²) in [6.45, 7) is 0.632. The SMILES string of the molecule is O=C1/C(=C/c2ccc(O)cc2)CCC1CNc1ccc(Cl)cc1. The number of phenolic OH excluding ortho intramolecular Hbond substituents is 1. The van der Waals surface area contributed by atoms with Gasteiger partial charge in [0, 0.05) is 23.2 Å². The Balaban J connectivity index is 1.62. The van der Waals surface area contributed by atoms with E-state index in [1.165, 1.54) is 0 Å². The second kappa shape index (κ2) is 6.88. The molecule has 0 bridgehead atoms.